The van der Waals surface area contributed by atoms with E-state index in [1.165, 1.54) is 17.5 Å². The molecule has 3 rings (SSSR count). The average molecular weight is 263 g/mol. The van der Waals surface area contributed by atoms with Gasteiger partial charge in [-0.25, -0.2) is 0 Å². The topological polar surface area (TPSA) is 12.0 Å². The van der Waals surface area contributed by atoms with Gasteiger partial charge in [-0.05, 0) is 36.6 Å². The van der Waals surface area contributed by atoms with Crippen molar-refractivity contribution < 1.29 is 0 Å². The summed E-state index contributed by atoms with van der Waals surface area (Å²) in [5.41, 5.74) is 2.59. The molecule has 1 aliphatic heterocycles. The molecule has 1 fully saturated rings. The molecule has 0 aliphatic carbocycles. The monoisotopic (exact) mass is 263 g/mol. The van der Waals surface area contributed by atoms with Crippen LogP contribution in [0.2, 0.25) is 0 Å². The van der Waals surface area contributed by atoms with Crippen LogP contribution in [0.3, 0.4) is 0 Å². The molecular formula is C19H21N. The summed E-state index contributed by atoms with van der Waals surface area (Å²) in [5, 5.41) is 3.50. The van der Waals surface area contributed by atoms with Crippen LogP contribution in [0.25, 0.3) is 0 Å². The lowest BCUT2D eigenvalue weighted by Gasteiger charge is -2.37. The van der Waals surface area contributed by atoms with Crippen LogP contribution in [0, 0.1) is 5.92 Å². The van der Waals surface area contributed by atoms with Gasteiger partial charge in [-0.1, -0.05) is 66.7 Å². The fraction of sp³-hybridized carbons (Fsp3) is 0.263. The van der Waals surface area contributed by atoms with Gasteiger partial charge in [0.1, 0.15) is 0 Å². The van der Waals surface area contributed by atoms with Gasteiger partial charge in [-0.3, -0.25) is 0 Å². The molecule has 20 heavy (non-hydrogen) atoms. The Kier molecular flexibility index (Phi) is 3.70. The van der Waals surface area contributed by atoms with E-state index in [0.717, 1.165) is 13.1 Å². The first kappa shape index (κ1) is 13.1. The standard InChI is InChI=1S/C19H21N/c1-2-19(18-13-14-20-15-18,16-9-5-3-6-10-16)17-11-7-4-8-12-17/h2-12,18,20H,1,13-15H2. The molecule has 1 N–H and O–H groups in total. The Balaban J connectivity index is 2.18. The summed E-state index contributed by atoms with van der Waals surface area (Å²) in [6.07, 6.45) is 3.34. The van der Waals surface area contributed by atoms with Crippen molar-refractivity contribution in [3.8, 4) is 0 Å². The summed E-state index contributed by atoms with van der Waals surface area (Å²) in [6.45, 7) is 6.35. The Morgan fingerprint density at radius 3 is 1.90 bits per heavy atom. The number of allylic oxidation sites excluding steroid dienone is 1. The van der Waals surface area contributed by atoms with Crippen LogP contribution in [0.5, 0.6) is 0 Å². The fourth-order valence-electron chi connectivity index (χ4n) is 3.51. The lowest BCUT2D eigenvalue weighted by Crippen LogP contribution is -2.36. The van der Waals surface area contributed by atoms with Gasteiger partial charge in [0.05, 0.1) is 0 Å². The molecule has 0 amide bonds. The molecule has 1 unspecified atom stereocenters. The summed E-state index contributed by atoms with van der Waals surface area (Å²) in [6, 6.07) is 21.6. The lowest BCUT2D eigenvalue weighted by molar-refractivity contribution is 0.416. The Morgan fingerprint density at radius 2 is 1.50 bits per heavy atom. The maximum absolute atomic E-state index is 4.20. The predicted octanol–water partition coefficient (Wildman–Crippen LogP) is 3.77. The maximum Gasteiger partial charge on any atom is 0.0420 e. The van der Waals surface area contributed by atoms with E-state index >= 15 is 0 Å². The lowest BCUT2D eigenvalue weighted by atomic mass is 9.65. The molecule has 1 heterocycles. The summed E-state index contributed by atoms with van der Waals surface area (Å²) < 4.78 is 0. The van der Waals surface area contributed by atoms with Crippen molar-refractivity contribution in [2.45, 2.75) is 11.8 Å². The zero-order valence-electron chi connectivity index (χ0n) is 11.8. The minimum absolute atomic E-state index is 0.0912. The first-order valence-electron chi connectivity index (χ1n) is 7.33. The molecule has 1 saturated heterocycles. The molecular weight excluding hydrogens is 242 g/mol. The smallest absolute Gasteiger partial charge is 0.0420 e. The minimum atomic E-state index is -0.0912. The normalized spacial score (nSPS) is 18.9. The molecule has 2 aromatic rings. The number of hydrogen-bond donors (Lipinski definition) is 1. The highest BCUT2D eigenvalue weighted by Gasteiger charge is 2.40. The summed E-state index contributed by atoms with van der Waals surface area (Å²) in [5.74, 6) is 0.560. The van der Waals surface area contributed by atoms with Crippen LogP contribution in [-0.4, -0.2) is 13.1 Å². The molecule has 0 aromatic heterocycles. The quantitative estimate of drug-likeness (QED) is 0.828. The first-order chi connectivity index (χ1) is 9.88. The van der Waals surface area contributed by atoms with Gasteiger partial charge in [0, 0.05) is 5.41 Å². The highest BCUT2D eigenvalue weighted by Crippen LogP contribution is 2.42. The fourth-order valence-corrected chi connectivity index (χ4v) is 3.51. The van der Waals surface area contributed by atoms with Gasteiger partial charge in [-0.15, -0.1) is 6.58 Å². The Morgan fingerprint density at radius 1 is 0.950 bits per heavy atom. The Labute approximate surface area is 121 Å². The van der Waals surface area contributed by atoms with Gasteiger partial charge in [0.15, 0.2) is 0 Å². The van der Waals surface area contributed by atoms with Crippen molar-refractivity contribution in [1.82, 2.24) is 5.32 Å². The van der Waals surface area contributed by atoms with E-state index in [1.807, 2.05) is 0 Å². The maximum atomic E-state index is 4.20. The second-order valence-corrected chi connectivity index (χ2v) is 5.49. The van der Waals surface area contributed by atoms with Crippen LogP contribution in [-0.2, 0) is 5.41 Å². The largest absolute Gasteiger partial charge is 0.316 e. The van der Waals surface area contributed by atoms with Gasteiger partial charge in [0.25, 0.3) is 0 Å². The Bertz CT molecular complexity index is 513. The van der Waals surface area contributed by atoms with E-state index in [9.17, 15) is 0 Å². The molecule has 0 radical (unpaired) electrons. The van der Waals surface area contributed by atoms with E-state index in [1.54, 1.807) is 0 Å². The zero-order chi connectivity index (χ0) is 13.8. The van der Waals surface area contributed by atoms with Crippen LogP contribution in [0.4, 0.5) is 0 Å². The highest BCUT2D eigenvalue weighted by atomic mass is 14.9. The number of benzene rings is 2. The highest BCUT2D eigenvalue weighted by molar-refractivity contribution is 5.45. The zero-order valence-corrected chi connectivity index (χ0v) is 11.8. The number of rotatable bonds is 4. The Hall–Kier alpha value is -1.86. The van der Waals surface area contributed by atoms with Crippen molar-refractivity contribution in [1.29, 1.82) is 0 Å². The molecule has 0 bridgehead atoms. The second kappa shape index (κ2) is 5.64. The summed E-state index contributed by atoms with van der Waals surface area (Å²) >= 11 is 0. The van der Waals surface area contributed by atoms with Crippen molar-refractivity contribution in [3.63, 3.8) is 0 Å². The van der Waals surface area contributed by atoms with Gasteiger partial charge >= 0.3 is 0 Å². The van der Waals surface area contributed by atoms with E-state index < -0.39 is 0 Å². The van der Waals surface area contributed by atoms with E-state index in [2.05, 4.69) is 78.6 Å². The molecule has 1 atom stereocenters. The van der Waals surface area contributed by atoms with Crippen LogP contribution in [0.15, 0.2) is 73.3 Å². The van der Waals surface area contributed by atoms with E-state index in [-0.39, 0.29) is 5.41 Å². The van der Waals surface area contributed by atoms with Gasteiger partial charge < -0.3 is 5.32 Å². The molecule has 0 saturated carbocycles. The third kappa shape index (κ3) is 2.08. The predicted molar refractivity (Wildman–Crippen MR) is 84.8 cm³/mol. The average Bonchev–Trinajstić information content (AvgIpc) is 3.06. The molecule has 1 nitrogen and oxygen atoms in total. The molecule has 1 heteroatoms. The van der Waals surface area contributed by atoms with Crippen molar-refractivity contribution in [3.05, 3.63) is 84.4 Å². The molecule has 102 valence electrons. The molecule has 1 aliphatic rings. The van der Waals surface area contributed by atoms with E-state index in [4.69, 9.17) is 0 Å². The van der Waals surface area contributed by atoms with Crippen LogP contribution in [0.1, 0.15) is 17.5 Å². The van der Waals surface area contributed by atoms with Crippen molar-refractivity contribution in [2.24, 2.45) is 5.92 Å². The summed E-state index contributed by atoms with van der Waals surface area (Å²) in [4.78, 5) is 0. The summed E-state index contributed by atoms with van der Waals surface area (Å²) in [7, 11) is 0. The van der Waals surface area contributed by atoms with Crippen LogP contribution >= 0.6 is 0 Å². The minimum Gasteiger partial charge on any atom is -0.316 e. The van der Waals surface area contributed by atoms with Gasteiger partial charge in [-0.2, -0.15) is 0 Å². The van der Waals surface area contributed by atoms with Crippen LogP contribution < -0.4 is 5.32 Å². The number of nitrogens with one attached hydrogen (secondary N) is 1. The molecule has 0 spiro atoms. The van der Waals surface area contributed by atoms with E-state index in [0.29, 0.717) is 5.92 Å². The SMILES string of the molecule is C=CC(c1ccccc1)(c1ccccc1)C1CCNC1. The third-order valence-electron chi connectivity index (χ3n) is 4.53. The first-order valence-corrected chi connectivity index (χ1v) is 7.33. The van der Waals surface area contributed by atoms with Gasteiger partial charge in [0.2, 0.25) is 0 Å². The van der Waals surface area contributed by atoms with Crippen molar-refractivity contribution >= 4 is 0 Å². The molecule has 2 aromatic carbocycles. The van der Waals surface area contributed by atoms with Crippen molar-refractivity contribution in [2.75, 3.05) is 13.1 Å². The third-order valence-corrected chi connectivity index (χ3v) is 4.53. The number of hydrogen-bond acceptors (Lipinski definition) is 1. The second-order valence-electron chi connectivity index (χ2n) is 5.49.